The predicted octanol–water partition coefficient (Wildman–Crippen LogP) is 4.54. The molecule has 0 saturated carbocycles. The van der Waals surface area contributed by atoms with Gasteiger partial charge in [0, 0.05) is 35.0 Å². The van der Waals surface area contributed by atoms with Crippen LogP contribution in [0.5, 0.6) is 5.88 Å². The zero-order valence-electron chi connectivity index (χ0n) is 15.8. The Morgan fingerprint density at radius 3 is 2.72 bits per heavy atom. The lowest BCUT2D eigenvalue weighted by Gasteiger charge is -2.02. The van der Waals surface area contributed by atoms with Gasteiger partial charge in [0.2, 0.25) is 5.88 Å². The number of Topliss-reactive ketones (excluding diaryl/α,β-unsaturated/α-hetero) is 1. The largest absolute Gasteiger partial charge is 0.481 e. The standard InChI is InChI=1S/C23H18N4O2/c1-29-22-12-15(7-8-24-22)23-17-10-16-11-20(25-18(16)13-19(17)26-27-23)21(28)9-14-5-3-2-4-6-14/h2-8,10-13,26-27H,9H2,1H3. The number of carbonyl (C=O) groups is 1. The van der Waals surface area contributed by atoms with Gasteiger partial charge in [-0.15, -0.1) is 0 Å². The van der Waals surface area contributed by atoms with Crippen LogP contribution >= 0.6 is 0 Å². The minimum Gasteiger partial charge on any atom is -0.481 e. The first kappa shape index (κ1) is 17.2. The summed E-state index contributed by atoms with van der Waals surface area (Å²) >= 11 is 0. The molecule has 0 atom stereocenters. The second-order valence-corrected chi connectivity index (χ2v) is 6.90. The Bertz CT molecular complexity index is 1340. The van der Waals surface area contributed by atoms with Gasteiger partial charge >= 0.3 is 0 Å². The van der Waals surface area contributed by atoms with Crippen LogP contribution in [0.25, 0.3) is 33.1 Å². The number of benzene rings is 2. The quantitative estimate of drug-likeness (QED) is 0.437. The molecule has 3 heterocycles. The molecule has 0 unspecified atom stereocenters. The van der Waals surface area contributed by atoms with Gasteiger partial charge in [0.1, 0.15) is 5.69 Å². The Hall–Kier alpha value is -3.93. The number of hydrogen-bond donors (Lipinski definition) is 2. The average Bonchev–Trinajstić information content (AvgIpc) is 3.36. The number of ether oxygens (including phenoxy) is 1. The van der Waals surface area contributed by atoms with Gasteiger partial charge in [-0.2, -0.15) is 0 Å². The molecule has 2 aromatic carbocycles. The molecule has 6 nitrogen and oxygen atoms in total. The monoisotopic (exact) mass is 382 g/mol. The zero-order valence-corrected chi connectivity index (χ0v) is 15.8. The van der Waals surface area contributed by atoms with E-state index < -0.39 is 0 Å². The molecule has 29 heavy (non-hydrogen) atoms. The number of rotatable bonds is 5. The highest BCUT2D eigenvalue weighted by molar-refractivity contribution is 6.05. The molecule has 0 saturated heterocycles. The highest BCUT2D eigenvalue weighted by atomic mass is 16.5. The number of methoxy groups -OCH3 is 1. The lowest BCUT2D eigenvalue weighted by molar-refractivity contribution is 0.0989. The van der Waals surface area contributed by atoms with Crippen molar-refractivity contribution in [2.24, 2.45) is 0 Å². The van der Waals surface area contributed by atoms with Crippen LogP contribution in [0, 0.1) is 0 Å². The second kappa shape index (κ2) is 6.91. The number of hydrogen-bond acceptors (Lipinski definition) is 4. The first-order valence-electron chi connectivity index (χ1n) is 9.29. The van der Waals surface area contributed by atoms with E-state index in [4.69, 9.17) is 4.74 Å². The molecule has 0 amide bonds. The van der Waals surface area contributed by atoms with Crippen molar-refractivity contribution in [3.8, 4) is 17.1 Å². The first-order chi connectivity index (χ1) is 14.2. The molecule has 0 fully saturated rings. The smallest absolute Gasteiger partial charge is 0.213 e. The molecule has 0 aliphatic heterocycles. The number of H-pyrrole nitrogens is 2. The Kier molecular flexibility index (Phi) is 4.09. The molecule has 0 bridgehead atoms. The van der Waals surface area contributed by atoms with E-state index in [2.05, 4.69) is 20.2 Å². The fourth-order valence-corrected chi connectivity index (χ4v) is 3.55. The summed E-state index contributed by atoms with van der Waals surface area (Å²) < 4.78 is 5.23. The van der Waals surface area contributed by atoms with Crippen molar-refractivity contribution in [3.63, 3.8) is 0 Å². The van der Waals surface area contributed by atoms with Gasteiger partial charge in [0.05, 0.1) is 23.8 Å². The zero-order chi connectivity index (χ0) is 19.8. The van der Waals surface area contributed by atoms with Gasteiger partial charge in [-0.25, -0.2) is 9.97 Å². The molecule has 6 heteroatoms. The van der Waals surface area contributed by atoms with Crippen molar-refractivity contribution in [2.45, 2.75) is 6.42 Å². The summed E-state index contributed by atoms with van der Waals surface area (Å²) in [5.41, 5.74) is 5.09. The topological polar surface area (TPSA) is 83.7 Å². The maximum atomic E-state index is 12.7. The summed E-state index contributed by atoms with van der Waals surface area (Å²) in [6, 6.07) is 19.4. The average molecular weight is 382 g/mol. The van der Waals surface area contributed by atoms with Crippen molar-refractivity contribution in [2.75, 3.05) is 7.11 Å². The summed E-state index contributed by atoms with van der Waals surface area (Å²) in [6.07, 6.45) is 2.06. The lowest BCUT2D eigenvalue weighted by atomic mass is 10.1. The summed E-state index contributed by atoms with van der Waals surface area (Å²) in [7, 11) is 1.60. The molecule has 5 rings (SSSR count). The number of aromatic amines is 2. The van der Waals surface area contributed by atoms with Crippen molar-refractivity contribution in [3.05, 3.63) is 78.1 Å². The second-order valence-electron chi connectivity index (χ2n) is 6.90. The summed E-state index contributed by atoms with van der Waals surface area (Å²) in [6.45, 7) is 0. The highest BCUT2D eigenvalue weighted by Gasteiger charge is 2.15. The van der Waals surface area contributed by atoms with E-state index in [9.17, 15) is 4.79 Å². The van der Waals surface area contributed by atoms with Crippen LogP contribution in [0.2, 0.25) is 0 Å². The van der Waals surface area contributed by atoms with E-state index in [1.165, 1.54) is 0 Å². The molecule has 3 aromatic heterocycles. The predicted molar refractivity (Wildman–Crippen MR) is 112 cm³/mol. The summed E-state index contributed by atoms with van der Waals surface area (Å²) in [5.74, 6) is 0.566. The van der Waals surface area contributed by atoms with Crippen LogP contribution in [-0.4, -0.2) is 33.1 Å². The van der Waals surface area contributed by atoms with Crippen LogP contribution in [0.15, 0.2) is 66.9 Å². The Balaban J connectivity index is 1.54. The van der Waals surface area contributed by atoms with E-state index in [1.54, 1.807) is 13.3 Å². The number of carbonyl (C=O) groups excluding carboxylic acids is 1. The Labute approximate surface area is 166 Å². The third-order valence-electron chi connectivity index (χ3n) is 5.02. The minimum absolute atomic E-state index is 0.0155. The summed E-state index contributed by atoms with van der Waals surface area (Å²) in [4.78, 5) is 21.4. The third kappa shape index (κ3) is 3.14. The molecular formula is C23H18N4O2. The van der Waals surface area contributed by atoms with Crippen molar-refractivity contribution in [1.82, 2.24) is 20.2 Å². The number of ketones is 1. The van der Waals surface area contributed by atoms with Crippen LogP contribution in [0.4, 0.5) is 0 Å². The number of pyridine rings is 1. The van der Waals surface area contributed by atoms with Crippen molar-refractivity contribution < 1.29 is 9.53 Å². The van der Waals surface area contributed by atoms with Gasteiger partial charge in [-0.05, 0) is 29.8 Å². The van der Waals surface area contributed by atoms with Crippen LogP contribution in [-0.2, 0) is 6.42 Å². The van der Waals surface area contributed by atoms with Gasteiger partial charge in [-0.3, -0.25) is 9.89 Å². The van der Waals surface area contributed by atoms with Gasteiger partial charge in [0.25, 0.3) is 0 Å². The van der Waals surface area contributed by atoms with Crippen LogP contribution < -0.4 is 4.74 Å². The minimum atomic E-state index is 0.0155. The molecule has 2 N–H and O–H groups in total. The van der Waals surface area contributed by atoms with E-state index in [1.807, 2.05) is 60.7 Å². The van der Waals surface area contributed by atoms with E-state index in [-0.39, 0.29) is 5.78 Å². The fraction of sp³-hybridized carbons (Fsp3) is 0.0870. The summed E-state index contributed by atoms with van der Waals surface area (Å²) in [5, 5.41) is 8.34. The number of aromatic nitrogens is 4. The number of nitrogens with zero attached hydrogens (tertiary/aromatic N) is 2. The molecule has 0 radical (unpaired) electrons. The molecular weight excluding hydrogens is 364 g/mol. The van der Waals surface area contributed by atoms with Crippen LogP contribution in [0.3, 0.4) is 0 Å². The van der Waals surface area contributed by atoms with Crippen molar-refractivity contribution in [1.29, 1.82) is 0 Å². The maximum absolute atomic E-state index is 12.7. The van der Waals surface area contributed by atoms with E-state index in [0.717, 1.165) is 38.6 Å². The van der Waals surface area contributed by atoms with Crippen LogP contribution in [0.1, 0.15) is 16.1 Å². The molecule has 5 aromatic rings. The normalized spacial score (nSPS) is 11.2. The van der Waals surface area contributed by atoms with Gasteiger partial charge in [-0.1, -0.05) is 30.3 Å². The Morgan fingerprint density at radius 2 is 1.90 bits per heavy atom. The van der Waals surface area contributed by atoms with Crippen molar-refractivity contribution >= 4 is 27.6 Å². The first-order valence-corrected chi connectivity index (χ1v) is 9.29. The maximum Gasteiger partial charge on any atom is 0.213 e. The van der Waals surface area contributed by atoms with E-state index >= 15 is 0 Å². The highest BCUT2D eigenvalue weighted by Crippen LogP contribution is 2.31. The molecule has 142 valence electrons. The fourth-order valence-electron chi connectivity index (χ4n) is 3.55. The third-order valence-corrected chi connectivity index (χ3v) is 5.02. The number of nitrogens with one attached hydrogen (secondary N) is 2. The van der Waals surface area contributed by atoms with E-state index in [0.29, 0.717) is 18.0 Å². The molecule has 0 aliphatic carbocycles. The lowest BCUT2D eigenvalue weighted by Crippen LogP contribution is -2.03. The molecule has 0 aliphatic rings. The number of fused-ring (bicyclic) bond motifs is 2. The SMILES string of the molecule is COc1cc(-c2[nH][nH]c3cc4nc(C(=O)Cc5ccccc5)cc4cc23)ccn1. The molecule has 0 spiro atoms. The van der Waals surface area contributed by atoms with Gasteiger partial charge < -0.3 is 9.84 Å². The Morgan fingerprint density at radius 1 is 1.03 bits per heavy atom. The van der Waals surface area contributed by atoms with Gasteiger partial charge in [0.15, 0.2) is 5.78 Å².